The van der Waals surface area contributed by atoms with E-state index >= 15 is 0 Å². The highest BCUT2D eigenvalue weighted by Crippen LogP contribution is 2.35. The van der Waals surface area contributed by atoms with Crippen LogP contribution in [0, 0.1) is 0 Å². The molecule has 0 amide bonds. The summed E-state index contributed by atoms with van der Waals surface area (Å²) < 4.78 is 0. The third-order valence-corrected chi connectivity index (χ3v) is 1.75. The topological polar surface area (TPSA) is 77.8 Å². The molecule has 0 aromatic carbocycles. The number of carboxylic acid groups (broad SMARTS) is 1. The van der Waals surface area contributed by atoms with Crippen molar-refractivity contribution in [2.45, 2.75) is 0 Å². The molecule has 3 N–H and O–H groups in total. The predicted molar refractivity (Wildman–Crippen MR) is 34.6 cm³/mol. The van der Waals surface area contributed by atoms with E-state index in [9.17, 15) is 4.79 Å². The molecule has 0 radical (unpaired) electrons. The van der Waals surface area contributed by atoms with Crippen LogP contribution in [0.4, 0.5) is 0 Å². The zero-order valence-electron chi connectivity index (χ0n) is 4.74. The lowest BCUT2D eigenvalue weighted by Gasteiger charge is -1.88. The van der Waals surface area contributed by atoms with E-state index in [1.165, 1.54) is 5.38 Å². The highest BCUT2D eigenvalue weighted by atomic mass is 32.1. The van der Waals surface area contributed by atoms with E-state index in [1.54, 1.807) is 0 Å². The summed E-state index contributed by atoms with van der Waals surface area (Å²) in [5.74, 6) is -1.80. The van der Waals surface area contributed by atoms with Gasteiger partial charge in [0, 0.05) is 5.38 Å². The molecule has 54 valence electrons. The predicted octanol–water partition coefficient (Wildman–Crippen LogP) is 0.857. The van der Waals surface area contributed by atoms with Crippen LogP contribution in [0.2, 0.25) is 0 Å². The molecular weight excluding hydrogens is 156 g/mol. The van der Waals surface area contributed by atoms with Gasteiger partial charge in [-0.3, -0.25) is 0 Å². The molecule has 0 spiro atoms. The van der Waals surface area contributed by atoms with Crippen molar-refractivity contribution in [1.29, 1.82) is 0 Å². The number of thiophene rings is 1. The molecule has 0 saturated heterocycles. The maximum atomic E-state index is 10.2. The van der Waals surface area contributed by atoms with Gasteiger partial charge in [0.05, 0.1) is 0 Å². The zero-order valence-corrected chi connectivity index (χ0v) is 5.55. The highest BCUT2D eigenvalue weighted by Gasteiger charge is 2.14. The Morgan fingerprint density at radius 3 is 2.30 bits per heavy atom. The van der Waals surface area contributed by atoms with Crippen molar-refractivity contribution < 1.29 is 20.1 Å². The quantitative estimate of drug-likeness (QED) is 0.569. The SMILES string of the molecule is O=C(O)c1csc(O)c1O. The van der Waals surface area contributed by atoms with Crippen LogP contribution < -0.4 is 0 Å². The number of rotatable bonds is 1. The molecule has 0 saturated carbocycles. The van der Waals surface area contributed by atoms with E-state index in [1.807, 2.05) is 0 Å². The van der Waals surface area contributed by atoms with E-state index in [0.717, 1.165) is 11.3 Å². The number of aromatic carboxylic acids is 1. The smallest absolute Gasteiger partial charge is 0.340 e. The molecular formula is C5H4O4S. The summed E-state index contributed by atoms with van der Waals surface area (Å²) >= 11 is 0.784. The second-order valence-corrected chi connectivity index (χ2v) is 2.47. The van der Waals surface area contributed by atoms with Crippen molar-refractivity contribution in [2.24, 2.45) is 0 Å². The Balaban J connectivity index is 3.17. The third-order valence-electron chi connectivity index (χ3n) is 0.977. The average Bonchev–Trinajstić information content (AvgIpc) is 2.14. The maximum absolute atomic E-state index is 10.2. The van der Waals surface area contributed by atoms with Crippen molar-refractivity contribution in [3.63, 3.8) is 0 Å². The first kappa shape index (κ1) is 6.88. The molecule has 4 nitrogen and oxygen atoms in total. The van der Waals surface area contributed by atoms with Crippen LogP contribution in [-0.4, -0.2) is 21.3 Å². The van der Waals surface area contributed by atoms with Crippen molar-refractivity contribution in [1.82, 2.24) is 0 Å². The molecule has 0 aliphatic rings. The Labute approximate surface area is 60.0 Å². The molecule has 1 aromatic rings. The van der Waals surface area contributed by atoms with Gasteiger partial charge in [-0.15, -0.1) is 11.3 Å². The van der Waals surface area contributed by atoms with Gasteiger partial charge in [0.2, 0.25) is 5.06 Å². The second kappa shape index (κ2) is 2.18. The van der Waals surface area contributed by atoms with Crippen molar-refractivity contribution >= 4 is 17.3 Å². The summed E-state index contributed by atoms with van der Waals surface area (Å²) in [5, 5.41) is 26.6. The van der Waals surface area contributed by atoms with Crippen LogP contribution in [0.15, 0.2) is 5.38 Å². The molecule has 0 bridgehead atoms. The summed E-state index contributed by atoms with van der Waals surface area (Å²) in [7, 11) is 0. The number of aromatic hydroxyl groups is 2. The summed E-state index contributed by atoms with van der Waals surface area (Å²) in [6.45, 7) is 0. The van der Waals surface area contributed by atoms with E-state index in [2.05, 4.69) is 0 Å². The van der Waals surface area contributed by atoms with Crippen LogP contribution in [0.5, 0.6) is 10.8 Å². The lowest BCUT2D eigenvalue weighted by molar-refractivity contribution is 0.0694. The fourth-order valence-corrected chi connectivity index (χ4v) is 1.16. The summed E-state index contributed by atoms with van der Waals surface area (Å²) in [6.07, 6.45) is 0. The minimum atomic E-state index is -1.24. The molecule has 0 unspecified atom stereocenters. The minimum absolute atomic E-state index is 0.262. The Morgan fingerprint density at radius 2 is 2.10 bits per heavy atom. The van der Waals surface area contributed by atoms with Gasteiger partial charge < -0.3 is 15.3 Å². The van der Waals surface area contributed by atoms with E-state index in [4.69, 9.17) is 15.3 Å². The minimum Gasteiger partial charge on any atom is -0.503 e. The number of hydrogen-bond acceptors (Lipinski definition) is 4. The van der Waals surface area contributed by atoms with Crippen LogP contribution in [0.25, 0.3) is 0 Å². The van der Waals surface area contributed by atoms with Gasteiger partial charge in [-0.1, -0.05) is 0 Å². The van der Waals surface area contributed by atoms with Gasteiger partial charge in [0.1, 0.15) is 5.56 Å². The first-order chi connectivity index (χ1) is 4.63. The number of hydrogen-bond donors (Lipinski definition) is 3. The largest absolute Gasteiger partial charge is 0.503 e. The normalized spacial score (nSPS) is 9.60. The van der Waals surface area contributed by atoms with Gasteiger partial charge in [-0.05, 0) is 0 Å². The third kappa shape index (κ3) is 0.906. The molecule has 1 rings (SSSR count). The van der Waals surface area contributed by atoms with Crippen LogP contribution in [-0.2, 0) is 0 Å². The second-order valence-electron chi connectivity index (χ2n) is 1.61. The molecule has 5 heteroatoms. The van der Waals surface area contributed by atoms with E-state index in [0.29, 0.717) is 0 Å². The lowest BCUT2D eigenvalue weighted by atomic mass is 10.3. The van der Waals surface area contributed by atoms with Crippen LogP contribution >= 0.6 is 11.3 Å². The molecule has 0 fully saturated rings. The van der Waals surface area contributed by atoms with Gasteiger partial charge in [-0.25, -0.2) is 4.79 Å². The first-order valence-corrected chi connectivity index (χ1v) is 3.23. The van der Waals surface area contributed by atoms with E-state index < -0.39 is 11.7 Å². The van der Waals surface area contributed by atoms with Crippen LogP contribution in [0.3, 0.4) is 0 Å². The van der Waals surface area contributed by atoms with E-state index in [-0.39, 0.29) is 10.6 Å². The molecule has 1 aromatic heterocycles. The van der Waals surface area contributed by atoms with Crippen molar-refractivity contribution in [3.05, 3.63) is 10.9 Å². The lowest BCUT2D eigenvalue weighted by Crippen LogP contribution is -1.92. The Morgan fingerprint density at radius 1 is 1.50 bits per heavy atom. The zero-order chi connectivity index (χ0) is 7.72. The standard InChI is InChI=1S/C5H4O4S/c6-3-2(4(7)8)1-10-5(3)9/h1,6,9H,(H,7,8). The average molecular weight is 160 g/mol. The van der Waals surface area contributed by atoms with Gasteiger partial charge in [0.25, 0.3) is 0 Å². The summed E-state index contributed by atoms with van der Waals surface area (Å²) in [4.78, 5) is 10.2. The number of carboxylic acids is 1. The molecule has 10 heavy (non-hydrogen) atoms. The maximum Gasteiger partial charge on any atom is 0.340 e. The monoisotopic (exact) mass is 160 g/mol. The fourth-order valence-electron chi connectivity index (χ4n) is 0.493. The summed E-state index contributed by atoms with van der Waals surface area (Å²) in [5.41, 5.74) is -0.262. The molecule has 0 aliphatic heterocycles. The Hall–Kier alpha value is -1.23. The van der Waals surface area contributed by atoms with Gasteiger partial charge in [-0.2, -0.15) is 0 Å². The van der Waals surface area contributed by atoms with Crippen molar-refractivity contribution in [3.8, 4) is 10.8 Å². The Bertz CT molecular complexity index is 265. The highest BCUT2D eigenvalue weighted by molar-refractivity contribution is 7.12. The van der Waals surface area contributed by atoms with Crippen LogP contribution in [0.1, 0.15) is 10.4 Å². The fraction of sp³-hybridized carbons (Fsp3) is 0. The first-order valence-electron chi connectivity index (χ1n) is 2.35. The van der Waals surface area contributed by atoms with Gasteiger partial charge in [0.15, 0.2) is 5.75 Å². The number of carbonyl (C=O) groups is 1. The molecule has 0 atom stereocenters. The molecule has 1 heterocycles. The van der Waals surface area contributed by atoms with Crippen molar-refractivity contribution in [2.75, 3.05) is 0 Å². The Kier molecular flexibility index (Phi) is 1.50. The molecule has 0 aliphatic carbocycles. The summed E-state index contributed by atoms with van der Waals surface area (Å²) in [6, 6.07) is 0. The van der Waals surface area contributed by atoms with Gasteiger partial charge >= 0.3 is 5.97 Å².